The number of hydrogen-bond acceptors (Lipinski definition) is 3. The van der Waals surface area contributed by atoms with Crippen molar-refractivity contribution in [3.05, 3.63) is 23.8 Å². The molecule has 2 unspecified atom stereocenters. The minimum Gasteiger partial charge on any atom is -0.486 e. The van der Waals surface area contributed by atoms with E-state index in [0.29, 0.717) is 13.2 Å². The van der Waals surface area contributed by atoms with Gasteiger partial charge in [-0.25, -0.2) is 0 Å². The molecule has 1 aliphatic heterocycles. The lowest BCUT2D eigenvalue weighted by molar-refractivity contribution is -0.121. The third-order valence-corrected chi connectivity index (χ3v) is 4.73. The number of halogens is 1. The lowest BCUT2D eigenvalue weighted by atomic mass is 10.1. The van der Waals surface area contributed by atoms with Gasteiger partial charge in [0, 0.05) is 0 Å². The zero-order chi connectivity index (χ0) is 14.7. The first-order chi connectivity index (χ1) is 9.49. The molecule has 110 valence electrons. The molecule has 1 heterocycles. The maximum atomic E-state index is 12.0. The number of rotatable bonds is 4. The maximum absolute atomic E-state index is 12.0. The molecule has 2 atom stereocenters. The van der Waals surface area contributed by atoms with Gasteiger partial charge in [0.05, 0.1) is 10.9 Å². The van der Waals surface area contributed by atoms with E-state index in [-0.39, 0.29) is 22.7 Å². The smallest absolute Gasteiger partial charge is 0.234 e. The highest BCUT2D eigenvalue weighted by molar-refractivity contribution is 9.10. The number of hydrogen-bond donors (Lipinski definition) is 1. The summed E-state index contributed by atoms with van der Waals surface area (Å²) < 4.78 is 11.0. The maximum Gasteiger partial charge on any atom is 0.234 e. The van der Waals surface area contributed by atoms with Gasteiger partial charge >= 0.3 is 0 Å². The molecule has 1 aliphatic rings. The van der Waals surface area contributed by atoms with Crippen LogP contribution < -0.4 is 14.8 Å². The van der Waals surface area contributed by atoms with Crippen LogP contribution in [0, 0.1) is 5.92 Å². The molecule has 0 saturated carbocycles. The Morgan fingerprint density at radius 1 is 1.20 bits per heavy atom. The topological polar surface area (TPSA) is 47.6 Å². The van der Waals surface area contributed by atoms with Crippen molar-refractivity contribution in [2.45, 2.75) is 31.6 Å². The molecular formula is C15H20BrNO3. The van der Waals surface area contributed by atoms with Crippen LogP contribution in [0.5, 0.6) is 11.5 Å². The summed E-state index contributed by atoms with van der Waals surface area (Å²) in [5, 5.41) is 3.00. The first-order valence-electron chi connectivity index (χ1n) is 6.83. The third-order valence-electron chi connectivity index (χ3n) is 3.26. The number of benzene rings is 1. The Hall–Kier alpha value is -1.23. The van der Waals surface area contributed by atoms with Crippen molar-refractivity contribution in [2.24, 2.45) is 5.92 Å². The standard InChI is InChI=1S/C15H20BrNO3/c1-9(2)14(16)15(18)17-10(3)11-4-5-12-13(8-11)20-7-6-19-12/h4-5,8-10,14H,6-7H2,1-3H3,(H,17,18). The molecule has 1 aromatic carbocycles. The predicted octanol–water partition coefficient (Wildman–Crippen LogP) is 3.05. The van der Waals surface area contributed by atoms with Crippen LogP contribution in [0.4, 0.5) is 0 Å². The van der Waals surface area contributed by atoms with Crippen LogP contribution in [-0.4, -0.2) is 23.9 Å². The lowest BCUT2D eigenvalue weighted by Gasteiger charge is -2.22. The van der Waals surface area contributed by atoms with Gasteiger partial charge in [-0.3, -0.25) is 4.79 Å². The van der Waals surface area contributed by atoms with E-state index in [1.165, 1.54) is 0 Å². The second-order valence-electron chi connectivity index (χ2n) is 5.28. The molecule has 0 aliphatic carbocycles. The van der Waals surface area contributed by atoms with Crippen LogP contribution >= 0.6 is 15.9 Å². The monoisotopic (exact) mass is 341 g/mol. The summed E-state index contributed by atoms with van der Waals surface area (Å²) in [5.41, 5.74) is 1.01. The summed E-state index contributed by atoms with van der Waals surface area (Å²) in [4.78, 5) is 11.9. The fourth-order valence-corrected chi connectivity index (χ4v) is 2.14. The second kappa shape index (κ2) is 6.48. The molecule has 1 aromatic rings. The fraction of sp³-hybridized carbons (Fsp3) is 0.533. The largest absolute Gasteiger partial charge is 0.486 e. The van der Waals surface area contributed by atoms with E-state index >= 15 is 0 Å². The van der Waals surface area contributed by atoms with E-state index in [2.05, 4.69) is 21.2 Å². The first kappa shape index (κ1) is 15.2. The van der Waals surface area contributed by atoms with Gasteiger partial charge in [0.25, 0.3) is 0 Å². The molecule has 20 heavy (non-hydrogen) atoms. The van der Waals surface area contributed by atoms with E-state index in [1.807, 2.05) is 39.0 Å². The molecule has 0 aromatic heterocycles. The van der Waals surface area contributed by atoms with Gasteiger partial charge in [-0.2, -0.15) is 0 Å². The van der Waals surface area contributed by atoms with Crippen molar-refractivity contribution in [1.82, 2.24) is 5.32 Å². The third kappa shape index (κ3) is 3.45. The summed E-state index contributed by atoms with van der Waals surface area (Å²) in [7, 11) is 0. The minimum absolute atomic E-state index is 0.00221. The molecule has 1 N–H and O–H groups in total. The molecule has 0 spiro atoms. The van der Waals surface area contributed by atoms with Crippen molar-refractivity contribution in [2.75, 3.05) is 13.2 Å². The average molecular weight is 342 g/mol. The van der Waals surface area contributed by atoms with Crippen LogP contribution in [0.15, 0.2) is 18.2 Å². The van der Waals surface area contributed by atoms with Gasteiger partial charge in [0.15, 0.2) is 11.5 Å². The molecule has 0 saturated heterocycles. The summed E-state index contributed by atoms with van der Waals surface area (Å²) in [5.74, 6) is 1.76. The number of nitrogens with one attached hydrogen (secondary N) is 1. The molecule has 1 amide bonds. The number of amides is 1. The highest BCUT2D eigenvalue weighted by Gasteiger charge is 2.21. The van der Waals surface area contributed by atoms with E-state index in [4.69, 9.17) is 9.47 Å². The zero-order valence-corrected chi connectivity index (χ0v) is 13.6. The number of carbonyl (C=O) groups excluding carboxylic acids is 1. The average Bonchev–Trinajstić information content (AvgIpc) is 2.45. The summed E-state index contributed by atoms with van der Waals surface area (Å²) in [6.45, 7) is 7.12. The fourth-order valence-electron chi connectivity index (χ4n) is 2.01. The quantitative estimate of drug-likeness (QED) is 0.856. The highest BCUT2D eigenvalue weighted by atomic mass is 79.9. The lowest BCUT2D eigenvalue weighted by Crippen LogP contribution is -2.35. The number of ether oxygens (including phenoxy) is 2. The Labute approximate surface area is 128 Å². The number of fused-ring (bicyclic) bond motifs is 1. The predicted molar refractivity (Wildman–Crippen MR) is 81.5 cm³/mol. The van der Waals surface area contributed by atoms with Crippen LogP contribution in [0.3, 0.4) is 0 Å². The van der Waals surface area contributed by atoms with Gasteiger partial charge in [0.2, 0.25) is 5.91 Å². The Bertz CT molecular complexity index is 490. The SMILES string of the molecule is CC(NC(=O)C(Br)C(C)C)c1ccc2c(c1)OCCO2. The van der Waals surface area contributed by atoms with E-state index < -0.39 is 0 Å². The molecule has 5 heteroatoms. The van der Waals surface area contributed by atoms with Crippen LogP contribution in [0.1, 0.15) is 32.4 Å². The molecule has 2 rings (SSSR count). The van der Waals surface area contributed by atoms with Crippen molar-refractivity contribution < 1.29 is 14.3 Å². The van der Waals surface area contributed by atoms with Crippen molar-refractivity contribution in [3.8, 4) is 11.5 Å². The van der Waals surface area contributed by atoms with Crippen molar-refractivity contribution >= 4 is 21.8 Å². The van der Waals surface area contributed by atoms with Crippen molar-refractivity contribution in [3.63, 3.8) is 0 Å². The zero-order valence-electron chi connectivity index (χ0n) is 12.0. The Kier molecular flexibility index (Phi) is 4.91. The Morgan fingerprint density at radius 3 is 2.50 bits per heavy atom. The van der Waals surface area contributed by atoms with Crippen LogP contribution in [-0.2, 0) is 4.79 Å². The van der Waals surface area contributed by atoms with Gasteiger partial charge in [0.1, 0.15) is 13.2 Å². The summed E-state index contributed by atoms with van der Waals surface area (Å²) >= 11 is 3.41. The molecule has 4 nitrogen and oxygen atoms in total. The molecule has 0 bridgehead atoms. The minimum atomic E-state index is -0.179. The molecular weight excluding hydrogens is 322 g/mol. The van der Waals surface area contributed by atoms with Gasteiger partial charge < -0.3 is 14.8 Å². The van der Waals surface area contributed by atoms with Gasteiger partial charge in [-0.05, 0) is 30.5 Å². The number of alkyl halides is 1. The summed E-state index contributed by atoms with van der Waals surface area (Å²) in [6.07, 6.45) is 0. The van der Waals surface area contributed by atoms with Gasteiger partial charge in [-0.1, -0.05) is 35.8 Å². The van der Waals surface area contributed by atoms with Gasteiger partial charge in [-0.15, -0.1) is 0 Å². The second-order valence-corrected chi connectivity index (χ2v) is 6.27. The van der Waals surface area contributed by atoms with E-state index in [1.54, 1.807) is 0 Å². The van der Waals surface area contributed by atoms with E-state index in [9.17, 15) is 4.79 Å². The summed E-state index contributed by atoms with van der Waals surface area (Å²) in [6, 6.07) is 5.70. The van der Waals surface area contributed by atoms with Crippen molar-refractivity contribution in [1.29, 1.82) is 0 Å². The highest BCUT2D eigenvalue weighted by Crippen LogP contribution is 2.32. The first-order valence-corrected chi connectivity index (χ1v) is 7.74. The van der Waals surface area contributed by atoms with E-state index in [0.717, 1.165) is 17.1 Å². The van der Waals surface area contributed by atoms with Crippen LogP contribution in [0.25, 0.3) is 0 Å². The Morgan fingerprint density at radius 2 is 1.85 bits per heavy atom. The van der Waals surface area contributed by atoms with Crippen LogP contribution in [0.2, 0.25) is 0 Å². The number of carbonyl (C=O) groups is 1. The molecule has 0 radical (unpaired) electrons. The normalized spacial score (nSPS) is 16.6. The molecule has 0 fully saturated rings. The Balaban J connectivity index is 2.06.